The van der Waals surface area contributed by atoms with Crippen molar-refractivity contribution in [3.05, 3.63) is 0 Å². The Hall–Kier alpha value is -1.09. The van der Waals surface area contributed by atoms with Gasteiger partial charge in [0.1, 0.15) is 42.2 Å². The summed E-state index contributed by atoms with van der Waals surface area (Å²) in [5.41, 5.74) is -2.11. The van der Waals surface area contributed by atoms with Crippen LogP contribution in [0.5, 0.6) is 0 Å². The number of fused-ring (bicyclic) bond motifs is 1. The second-order valence-electron chi connectivity index (χ2n) is 6.45. The third-order valence-electron chi connectivity index (χ3n) is 4.95. The lowest BCUT2D eigenvalue weighted by Gasteiger charge is -2.40. The van der Waals surface area contributed by atoms with Crippen molar-refractivity contribution in [2.45, 2.75) is 60.6 Å². The van der Waals surface area contributed by atoms with Crippen LogP contribution in [0.3, 0.4) is 0 Å². The molecule has 1 saturated carbocycles. The quantitative estimate of drug-likeness (QED) is 0.230. The third kappa shape index (κ3) is 2.79. The molecule has 1 aliphatic carbocycles. The van der Waals surface area contributed by atoms with Crippen LogP contribution in [0.2, 0.25) is 0 Å². The molecule has 0 amide bonds. The van der Waals surface area contributed by atoms with E-state index < -0.39 is 73.8 Å². The van der Waals surface area contributed by atoms with Gasteiger partial charge in [-0.1, -0.05) is 0 Å². The molecular formula is C13H22N2O10. The Morgan fingerprint density at radius 1 is 1.04 bits per heavy atom. The van der Waals surface area contributed by atoms with Crippen LogP contribution in [-0.4, -0.2) is 121 Å². The number of hydrogen-bond acceptors (Lipinski definition) is 12. The van der Waals surface area contributed by atoms with E-state index in [2.05, 4.69) is 10.3 Å². The largest absolute Gasteiger partial charge is 0.457 e. The molecule has 2 heterocycles. The molecular weight excluding hydrogens is 344 g/mol. The van der Waals surface area contributed by atoms with E-state index in [1.165, 1.54) is 0 Å². The summed E-state index contributed by atoms with van der Waals surface area (Å²) >= 11 is 0. The fourth-order valence-electron chi connectivity index (χ4n) is 3.41. The Bertz CT molecular complexity index is 533. The Kier molecular flexibility index (Phi) is 4.91. The van der Waals surface area contributed by atoms with Gasteiger partial charge in [0, 0.05) is 0 Å². The van der Waals surface area contributed by atoms with Gasteiger partial charge in [-0.15, -0.1) is 0 Å². The Morgan fingerprint density at radius 3 is 2.32 bits per heavy atom. The first kappa shape index (κ1) is 18.7. The minimum atomic E-state index is -2.11. The maximum atomic E-state index is 10.3. The summed E-state index contributed by atoms with van der Waals surface area (Å²) < 4.78 is 10.3. The summed E-state index contributed by atoms with van der Waals surface area (Å²) in [5, 5.41) is 80.5. The molecule has 10 atom stereocenters. The van der Waals surface area contributed by atoms with Gasteiger partial charge >= 0.3 is 0 Å². The molecule has 0 aromatic carbocycles. The van der Waals surface area contributed by atoms with Crippen molar-refractivity contribution in [1.29, 1.82) is 0 Å². The van der Waals surface area contributed by atoms with Crippen molar-refractivity contribution in [1.82, 2.24) is 5.32 Å². The van der Waals surface area contributed by atoms with Crippen molar-refractivity contribution in [3.63, 3.8) is 0 Å². The Balaban J connectivity index is 1.78. The lowest BCUT2D eigenvalue weighted by atomic mass is 9.96. The maximum absolute atomic E-state index is 10.3. The van der Waals surface area contributed by atoms with Crippen LogP contribution in [-0.2, 0) is 9.47 Å². The number of aliphatic imine (C=N–C) groups is 1. The summed E-state index contributed by atoms with van der Waals surface area (Å²) in [4.78, 5) is 3.98. The van der Waals surface area contributed by atoms with Crippen LogP contribution in [0.4, 0.5) is 0 Å². The van der Waals surface area contributed by atoms with Crippen molar-refractivity contribution in [2.75, 3.05) is 13.2 Å². The number of ether oxygens (including phenoxy) is 2. The summed E-state index contributed by atoms with van der Waals surface area (Å²) in [6.07, 6.45) is -10.3. The first-order valence-electron chi connectivity index (χ1n) is 7.75. The van der Waals surface area contributed by atoms with Crippen LogP contribution in [0.1, 0.15) is 0 Å². The molecule has 3 aliphatic rings. The predicted molar refractivity (Wildman–Crippen MR) is 77.0 cm³/mol. The van der Waals surface area contributed by atoms with Crippen LogP contribution in [0, 0.1) is 0 Å². The van der Waals surface area contributed by atoms with E-state index in [-0.39, 0.29) is 6.02 Å². The first-order chi connectivity index (χ1) is 11.7. The monoisotopic (exact) mass is 366 g/mol. The maximum Gasteiger partial charge on any atom is 0.285 e. The summed E-state index contributed by atoms with van der Waals surface area (Å²) in [6, 6.07) is -2.54. The first-order valence-corrected chi connectivity index (χ1v) is 7.75. The van der Waals surface area contributed by atoms with Gasteiger partial charge in [0.05, 0.1) is 19.3 Å². The minimum absolute atomic E-state index is 0.248. The van der Waals surface area contributed by atoms with E-state index >= 15 is 0 Å². The van der Waals surface area contributed by atoms with Crippen molar-refractivity contribution < 1.29 is 50.3 Å². The zero-order chi connectivity index (χ0) is 18.5. The molecule has 1 saturated heterocycles. The lowest BCUT2D eigenvalue weighted by Crippen LogP contribution is -2.64. The number of hydrogen-bond donors (Lipinski definition) is 9. The zero-order valence-electron chi connectivity index (χ0n) is 13.0. The van der Waals surface area contributed by atoms with Gasteiger partial charge < -0.3 is 55.6 Å². The van der Waals surface area contributed by atoms with E-state index in [9.17, 15) is 40.9 Å². The van der Waals surface area contributed by atoms with E-state index in [4.69, 9.17) is 9.47 Å². The highest BCUT2D eigenvalue weighted by Gasteiger charge is 2.63. The fourth-order valence-corrected chi connectivity index (χ4v) is 3.41. The van der Waals surface area contributed by atoms with Gasteiger partial charge in [-0.3, -0.25) is 0 Å². The van der Waals surface area contributed by atoms with Crippen LogP contribution in [0.25, 0.3) is 0 Å². The molecule has 3 rings (SSSR count). The average Bonchev–Trinajstić information content (AvgIpc) is 3.10. The normalized spacial score (nSPS) is 52.5. The van der Waals surface area contributed by atoms with Crippen LogP contribution >= 0.6 is 0 Å². The van der Waals surface area contributed by atoms with Crippen molar-refractivity contribution in [2.24, 2.45) is 4.99 Å². The molecule has 144 valence electrons. The number of aliphatic hydroxyl groups is 8. The highest BCUT2D eigenvalue weighted by Crippen LogP contribution is 2.38. The molecule has 0 aromatic rings. The summed E-state index contributed by atoms with van der Waals surface area (Å²) in [5.74, 6) is 0. The molecule has 0 radical (unpaired) electrons. The minimum Gasteiger partial charge on any atom is -0.457 e. The standard InChI is InChI=1S/C13H22N2O10/c16-1-3-4(5(18)6(19)11(22)24-3)14-12-15-9-8(25-12)7(20)10(21)13(9,23)2-17/h3-11,16-23H,1-2H2,(H,14,15)/t3-,4-,5+,6-,7-,8-,9+,10+,11+,13+/m1/s1. The topological polar surface area (TPSA) is 205 Å². The second kappa shape index (κ2) is 6.57. The van der Waals surface area contributed by atoms with Gasteiger partial charge in [0.15, 0.2) is 12.4 Å². The lowest BCUT2D eigenvalue weighted by molar-refractivity contribution is -0.261. The molecule has 2 aliphatic heterocycles. The zero-order valence-corrected chi connectivity index (χ0v) is 13.0. The number of amidine groups is 1. The molecule has 0 spiro atoms. The highest BCUT2D eigenvalue weighted by molar-refractivity contribution is 5.77. The molecule has 0 bridgehead atoms. The van der Waals surface area contributed by atoms with Gasteiger partial charge in [-0.25, -0.2) is 4.99 Å². The summed E-state index contributed by atoms with van der Waals surface area (Å²) in [6.45, 7) is -1.47. The molecule has 12 nitrogen and oxygen atoms in total. The molecule has 12 heteroatoms. The number of aliphatic hydroxyl groups excluding tert-OH is 7. The van der Waals surface area contributed by atoms with E-state index in [1.807, 2.05) is 0 Å². The van der Waals surface area contributed by atoms with E-state index in [0.29, 0.717) is 0 Å². The van der Waals surface area contributed by atoms with Crippen LogP contribution in [0.15, 0.2) is 4.99 Å². The smallest absolute Gasteiger partial charge is 0.285 e. The van der Waals surface area contributed by atoms with Crippen molar-refractivity contribution >= 4 is 6.02 Å². The molecule has 25 heavy (non-hydrogen) atoms. The third-order valence-corrected chi connectivity index (χ3v) is 4.95. The van der Waals surface area contributed by atoms with Gasteiger partial charge in [0.25, 0.3) is 6.02 Å². The van der Waals surface area contributed by atoms with Gasteiger partial charge in [0.2, 0.25) is 0 Å². The fraction of sp³-hybridized carbons (Fsp3) is 0.923. The van der Waals surface area contributed by atoms with E-state index in [1.54, 1.807) is 0 Å². The number of rotatable bonds is 3. The molecule has 0 aromatic heterocycles. The molecule has 0 unspecified atom stereocenters. The highest BCUT2D eigenvalue weighted by atomic mass is 16.6. The second-order valence-corrected chi connectivity index (χ2v) is 6.45. The van der Waals surface area contributed by atoms with Crippen LogP contribution < -0.4 is 5.32 Å². The Labute approximate surface area is 141 Å². The SMILES string of the molecule is OC[C@H]1O[C@H](O)[C@H](O)[C@@H](O)[C@@H]1NC1=N[C@H]2[C@H](O1)[C@@H](O)[C@H](O)[C@]2(O)CO. The number of nitrogens with zero attached hydrogens (tertiary/aromatic N) is 1. The predicted octanol–water partition coefficient (Wildman–Crippen LogP) is -6.04. The van der Waals surface area contributed by atoms with Crippen molar-refractivity contribution in [3.8, 4) is 0 Å². The Morgan fingerprint density at radius 2 is 1.72 bits per heavy atom. The van der Waals surface area contributed by atoms with Gasteiger partial charge in [-0.2, -0.15) is 0 Å². The number of nitrogens with one attached hydrogen (secondary N) is 1. The van der Waals surface area contributed by atoms with Gasteiger partial charge in [-0.05, 0) is 0 Å². The summed E-state index contributed by atoms with van der Waals surface area (Å²) in [7, 11) is 0. The van der Waals surface area contributed by atoms with E-state index in [0.717, 1.165) is 0 Å². The molecule has 2 fully saturated rings. The average molecular weight is 366 g/mol. The molecule has 9 N–H and O–H groups in total.